The first-order valence-electron chi connectivity index (χ1n) is 9.08. The zero-order chi connectivity index (χ0) is 18.6. The normalized spacial score (nSPS) is 13.2. The number of hydrogen-bond donors (Lipinski definition) is 0. The van der Waals surface area contributed by atoms with Crippen molar-refractivity contribution in [3.05, 3.63) is 66.7 Å². The molecule has 0 spiro atoms. The third-order valence-electron chi connectivity index (χ3n) is 4.74. The molecule has 0 amide bonds. The minimum Gasteiger partial charge on any atom is -0.351 e. The Labute approximate surface area is 157 Å². The highest BCUT2D eigenvalue weighted by Crippen LogP contribution is 2.32. The Balaban J connectivity index is 1.64. The van der Waals surface area contributed by atoms with Gasteiger partial charge < -0.3 is 4.90 Å². The van der Waals surface area contributed by atoms with Crippen molar-refractivity contribution in [1.29, 1.82) is 5.26 Å². The predicted octanol–water partition coefficient (Wildman–Crippen LogP) is 4.83. The average molecular weight is 358 g/mol. The van der Waals surface area contributed by atoms with Gasteiger partial charge in [-0.15, -0.1) is 0 Å². The van der Waals surface area contributed by atoms with Gasteiger partial charge in [-0.05, 0) is 24.5 Å². The van der Waals surface area contributed by atoms with E-state index in [0.717, 1.165) is 24.2 Å². The summed E-state index contributed by atoms with van der Waals surface area (Å²) >= 11 is 0. The monoisotopic (exact) mass is 358 g/mol. The van der Waals surface area contributed by atoms with Crippen LogP contribution in [0.2, 0.25) is 0 Å². The highest BCUT2D eigenvalue weighted by atomic mass is 19.1. The highest BCUT2D eigenvalue weighted by molar-refractivity contribution is 5.72. The van der Waals surface area contributed by atoms with Gasteiger partial charge in [0.1, 0.15) is 11.6 Å². The molecule has 0 saturated heterocycles. The summed E-state index contributed by atoms with van der Waals surface area (Å²) in [5, 5.41) is 8.85. The maximum absolute atomic E-state index is 15.1. The van der Waals surface area contributed by atoms with Crippen LogP contribution in [-0.2, 0) is 0 Å². The summed E-state index contributed by atoms with van der Waals surface area (Å²) < 4.78 is 15.1. The molecule has 134 valence electrons. The Morgan fingerprint density at radius 1 is 1.00 bits per heavy atom. The van der Waals surface area contributed by atoms with Gasteiger partial charge in [-0.3, -0.25) is 4.98 Å². The van der Waals surface area contributed by atoms with Gasteiger partial charge in [-0.1, -0.05) is 42.5 Å². The lowest BCUT2D eigenvalue weighted by Crippen LogP contribution is -2.27. The van der Waals surface area contributed by atoms with Gasteiger partial charge in [-0.2, -0.15) is 5.26 Å². The molecule has 0 unspecified atom stereocenters. The molecule has 1 aliphatic carbocycles. The van der Waals surface area contributed by atoms with E-state index in [9.17, 15) is 0 Å². The topological polar surface area (TPSA) is 52.8 Å². The molecule has 27 heavy (non-hydrogen) atoms. The summed E-state index contributed by atoms with van der Waals surface area (Å²) in [4.78, 5) is 11.1. The van der Waals surface area contributed by atoms with Crippen LogP contribution in [0.5, 0.6) is 0 Å². The molecule has 1 heterocycles. The van der Waals surface area contributed by atoms with Crippen molar-refractivity contribution in [3.63, 3.8) is 0 Å². The van der Waals surface area contributed by atoms with Crippen LogP contribution in [0.25, 0.3) is 22.4 Å². The number of benzene rings is 2. The third kappa shape index (κ3) is 3.65. The molecule has 0 N–H and O–H groups in total. The second-order valence-corrected chi connectivity index (χ2v) is 6.63. The van der Waals surface area contributed by atoms with Crippen molar-refractivity contribution < 1.29 is 4.39 Å². The van der Waals surface area contributed by atoms with E-state index < -0.39 is 0 Å². The van der Waals surface area contributed by atoms with Crippen LogP contribution in [0.1, 0.15) is 19.3 Å². The summed E-state index contributed by atoms with van der Waals surface area (Å²) in [5.74, 6) is 0.449. The van der Waals surface area contributed by atoms with Gasteiger partial charge in [0.2, 0.25) is 0 Å². The van der Waals surface area contributed by atoms with E-state index in [-0.39, 0.29) is 5.82 Å². The van der Waals surface area contributed by atoms with E-state index in [1.807, 2.05) is 36.4 Å². The molecule has 1 fully saturated rings. The fraction of sp³-hybridized carbons (Fsp3) is 0.227. The molecule has 2 aromatic carbocycles. The van der Waals surface area contributed by atoms with Gasteiger partial charge in [0, 0.05) is 23.7 Å². The summed E-state index contributed by atoms with van der Waals surface area (Å²) in [6, 6.07) is 17.4. The Morgan fingerprint density at radius 3 is 2.44 bits per heavy atom. The van der Waals surface area contributed by atoms with Crippen molar-refractivity contribution in [3.8, 4) is 28.5 Å². The summed E-state index contributed by atoms with van der Waals surface area (Å²) in [7, 11) is 0. The zero-order valence-corrected chi connectivity index (χ0v) is 14.8. The molecule has 4 rings (SSSR count). The quantitative estimate of drug-likeness (QED) is 0.633. The van der Waals surface area contributed by atoms with Gasteiger partial charge in [0.25, 0.3) is 0 Å². The van der Waals surface area contributed by atoms with E-state index >= 15 is 4.39 Å². The first-order chi connectivity index (χ1) is 13.3. The van der Waals surface area contributed by atoms with E-state index in [0.29, 0.717) is 35.8 Å². The smallest absolute Gasteiger partial charge is 0.147 e. The number of nitrogens with zero attached hydrogens (tertiary/aromatic N) is 4. The molecular weight excluding hydrogens is 339 g/mol. The van der Waals surface area contributed by atoms with Crippen LogP contribution in [-0.4, -0.2) is 22.6 Å². The van der Waals surface area contributed by atoms with Crippen molar-refractivity contribution in [1.82, 2.24) is 9.97 Å². The van der Waals surface area contributed by atoms with Crippen molar-refractivity contribution in [2.45, 2.75) is 25.3 Å². The lowest BCUT2D eigenvalue weighted by Gasteiger charge is -2.21. The lowest BCUT2D eigenvalue weighted by molar-refractivity contribution is 0.634. The van der Waals surface area contributed by atoms with Gasteiger partial charge in [0.15, 0.2) is 0 Å². The molecular formula is C22H19FN4. The maximum atomic E-state index is 15.1. The van der Waals surface area contributed by atoms with E-state index in [2.05, 4.69) is 20.9 Å². The number of rotatable bonds is 6. The Kier molecular flexibility index (Phi) is 4.80. The lowest BCUT2D eigenvalue weighted by atomic mass is 10.0. The number of halogens is 1. The van der Waals surface area contributed by atoms with Crippen molar-refractivity contribution >= 4 is 5.82 Å². The molecule has 5 heteroatoms. The van der Waals surface area contributed by atoms with Gasteiger partial charge in [0.05, 0.1) is 30.6 Å². The van der Waals surface area contributed by atoms with E-state index in [1.165, 1.54) is 0 Å². The molecule has 1 saturated carbocycles. The SMILES string of the molecule is N#CCCN(c1cnc(-c2cccc(-c3ccccc3)c2F)cn1)C1CC1. The number of anilines is 1. The standard InChI is InChI=1S/C22H19FN4/c23-22-18(16-6-2-1-3-7-16)8-4-9-19(22)20-14-26-21(15-25-20)27(13-5-12-24)17-10-11-17/h1-4,6-9,14-15,17H,5,10-11,13H2. The van der Waals surface area contributed by atoms with Crippen LogP contribution in [0.4, 0.5) is 10.2 Å². The molecule has 3 aromatic rings. The maximum Gasteiger partial charge on any atom is 0.147 e. The van der Waals surface area contributed by atoms with Crippen LogP contribution in [0, 0.1) is 17.1 Å². The molecule has 0 bridgehead atoms. The molecule has 0 atom stereocenters. The van der Waals surface area contributed by atoms with Crippen LogP contribution in [0.3, 0.4) is 0 Å². The number of nitriles is 1. The average Bonchev–Trinajstić information content (AvgIpc) is 3.55. The fourth-order valence-corrected chi connectivity index (χ4v) is 3.22. The van der Waals surface area contributed by atoms with Crippen LogP contribution >= 0.6 is 0 Å². The second-order valence-electron chi connectivity index (χ2n) is 6.63. The van der Waals surface area contributed by atoms with Gasteiger partial charge >= 0.3 is 0 Å². The number of hydrogen-bond acceptors (Lipinski definition) is 4. The first kappa shape index (κ1) is 17.2. The minimum atomic E-state index is -0.297. The Bertz CT molecular complexity index is 960. The van der Waals surface area contributed by atoms with E-state index in [1.54, 1.807) is 24.5 Å². The fourth-order valence-electron chi connectivity index (χ4n) is 3.22. The highest BCUT2D eigenvalue weighted by Gasteiger charge is 2.29. The van der Waals surface area contributed by atoms with Crippen LogP contribution < -0.4 is 4.90 Å². The molecule has 1 aliphatic rings. The third-order valence-corrected chi connectivity index (χ3v) is 4.74. The Morgan fingerprint density at radius 2 is 1.78 bits per heavy atom. The summed E-state index contributed by atoms with van der Waals surface area (Å²) in [6.45, 7) is 0.646. The largest absolute Gasteiger partial charge is 0.351 e. The molecule has 0 radical (unpaired) electrons. The summed E-state index contributed by atoms with van der Waals surface area (Å²) in [5.41, 5.74) is 2.32. The molecule has 4 nitrogen and oxygen atoms in total. The number of aromatic nitrogens is 2. The predicted molar refractivity (Wildman–Crippen MR) is 103 cm³/mol. The Hall–Kier alpha value is -3.26. The second kappa shape index (κ2) is 7.55. The summed E-state index contributed by atoms with van der Waals surface area (Å²) in [6.07, 6.45) is 5.98. The van der Waals surface area contributed by atoms with E-state index in [4.69, 9.17) is 5.26 Å². The van der Waals surface area contributed by atoms with Crippen LogP contribution in [0.15, 0.2) is 60.9 Å². The molecule has 1 aromatic heterocycles. The minimum absolute atomic E-state index is 0.297. The molecule has 0 aliphatic heterocycles. The van der Waals surface area contributed by atoms with Gasteiger partial charge in [-0.25, -0.2) is 9.37 Å². The zero-order valence-electron chi connectivity index (χ0n) is 14.8. The first-order valence-corrected chi connectivity index (χ1v) is 9.08. The van der Waals surface area contributed by atoms with Crippen molar-refractivity contribution in [2.24, 2.45) is 0 Å². The van der Waals surface area contributed by atoms with Crippen molar-refractivity contribution in [2.75, 3.05) is 11.4 Å².